The van der Waals surface area contributed by atoms with Crippen molar-refractivity contribution in [1.82, 2.24) is 9.13 Å². The second kappa shape index (κ2) is 9.91. The zero-order chi connectivity index (χ0) is 36.8. The van der Waals surface area contributed by atoms with Crippen molar-refractivity contribution in [2.75, 3.05) is 0 Å². The van der Waals surface area contributed by atoms with Crippen LogP contribution in [0.25, 0.3) is 119 Å². The topological polar surface area (TPSA) is 9.86 Å². The van der Waals surface area contributed by atoms with Crippen molar-refractivity contribution >= 4 is 109 Å². The van der Waals surface area contributed by atoms with E-state index in [0.717, 1.165) is 0 Å². The lowest BCUT2D eigenvalue weighted by Gasteiger charge is -2.34. The van der Waals surface area contributed by atoms with Crippen molar-refractivity contribution in [2.45, 2.75) is 6.92 Å². The van der Waals surface area contributed by atoms with E-state index in [1.807, 2.05) is 11.3 Å². The predicted octanol–water partition coefficient (Wildman–Crippen LogP) is 12.2. The van der Waals surface area contributed by atoms with Gasteiger partial charge in [-0.25, -0.2) is 0 Å². The number of aromatic nitrogens is 2. The third kappa shape index (κ3) is 3.40. The van der Waals surface area contributed by atoms with Gasteiger partial charge in [0.2, 0.25) is 0 Å². The molecular weight excluding hydrogens is 707 g/mol. The number of fused-ring (bicyclic) bond motifs is 9. The Hall–Kier alpha value is -6.88. The summed E-state index contributed by atoms with van der Waals surface area (Å²) in [6.45, 7) is 2.35. The fourth-order valence-corrected chi connectivity index (χ4v) is 12.7. The maximum absolute atomic E-state index is 2.66. The SMILES string of the molecule is Cc1cc2c3c(c1)-n1c4ccc5cccc6c5c4c4c5c(cc(c41)B3c1cc(-c3ccccc3)cc3c4cc(-c7ccccc7)ccc4n-2c13)sc1cccc-6c15. The van der Waals surface area contributed by atoms with Gasteiger partial charge in [0, 0.05) is 58.6 Å². The molecule has 15 rings (SSSR count). The van der Waals surface area contributed by atoms with Crippen molar-refractivity contribution in [2.24, 2.45) is 0 Å². The Kier molecular flexibility index (Phi) is 5.12. The van der Waals surface area contributed by atoms with Gasteiger partial charge in [0.25, 0.3) is 6.71 Å². The summed E-state index contributed by atoms with van der Waals surface area (Å²) in [6, 6.07) is 60.1. The van der Waals surface area contributed by atoms with E-state index in [1.165, 1.54) is 141 Å². The lowest BCUT2D eigenvalue weighted by molar-refractivity contribution is 1.13. The molecule has 57 heavy (non-hydrogen) atoms. The monoisotopic (exact) mass is 736 g/mol. The van der Waals surface area contributed by atoms with Gasteiger partial charge >= 0.3 is 0 Å². The van der Waals surface area contributed by atoms with Crippen molar-refractivity contribution in [3.05, 3.63) is 163 Å². The molecular formula is C53H29BN2S. The Labute approximate surface area is 331 Å². The van der Waals surface area contributed by atoms with Crippen LogP contribution in [-0.4, -0.2) is 15.8 Å². The van der Waals surface area contributed by atoms with Crippen LogP contribution in [0.4, 0.5) is 0 Å². The van der Waals surface area contributed by atoms with Gasteiger partial charge in [0.1, 0.15) is 0 Å². The summed E-state index contributed by atoms with van der Waals surface area (Å²) in [5.74, 6) is 0. The Bertz CT molecular complexity index is 3870. The van der Waals surface area contributed by atoms with E-state index in [0.29, 0.717) is 0 Å². The van der Waals surface area contributed by atoms with E-state index >= 15 is 0 Å². The summed E-state index contributed by atoms with van der Waals surface area (Å²) < 4.78 is 8.03. The average Bonchev–Trinajstić information content (AvgIpc) is 3.89. The molecule has 0 unspecified atom stereocenters. The highest BCUT2D eigenvalue weighted by Gasteiger charge is 2.42. The van der Waals surface area contributed by atoms with Gasteiger partial charge in [0.05, 0.1) is 16.6 Å². The van der Waals surface area contributed by atoms with Crippen LogP contribution in [0.15, 0.2) is 158 Å². The van der Waals surface area contributed by atoms with Crippen molar-refractivity contribution in [3.8, 4) is 44.8 Å². The van der Waals surface area contributed by atoms with Crippen LogP contribution < -0.4 is 16.4 Å². The molecule has 260 valence electrons. The van der Waals surface area contributed by atoms with Crippen molar-refractivity contribution < 1.29 is 0 Å². The molecule has 0 spiro atoms. The summed E-state index contributed by atoms with van der Waals surface area (Å²) in [5.41, 5.74) is 21.1. The highest BCUT2D eigenvalue weighted by atomic mass is 32.1. The average molecular weight is 737 g/mol. The van der Waals surface area contributed by atoms with Crippen molar-refractivity contribution in [3.63, 3.8) is 0 Å². The predicted molar refractivity (Wildman–Crippen MR) is 245 cm³/mol. The van der Waals surface area contributed by atoms with E-state index in [1.54, 1.807) is 0 Å². The molecule has 2 nitrogen and oxygen atoms in total. The molecule has 0 N–H and O–H groups in total. The summed E-state index contributed by atoms with van der Waals surface area (Å²) in [4.78, 5) is 0. The molecule has 3 aliphatic rings. The molecule has 0 radical (unpaired) electrons. The van der Waals surface area contributed by atoms with Gasteiger partial charge in [0.15, 0.2) is 0 Å². The Morgan fingerprint density at radius 3 is 1.93 bits per heavy atom. The minimum Gasteiger partial charge on any atom is -0.310 e. The highest BCUT2D eigenvalue weighted by Crippen LogP contribution is 2.53. The first-order valence-corrected chi connectivity index (χ1v) is 20.8. The first-order valence-electron chi connectivity index (χ1n) is 20.0. The molecule has 0 fully saturated rings. The molecule has 9 aromatic carbocycles. The minimum absolute atomic E-state index is 0.0621. The zero-order valence-electron chi connectivity index (χ0n) is 30.9. The smallest absolute Gasteiger partial charge is 0.252 e. The molecule has 12 aromatic rings. The lowest BCUT2D eigenvalue weighted by atomic mass is 9.34. The van der Waals surface area contributed by atoms with Gasteiger partial charge in [-0.3, -0.25) is 0 Å². The molecule has 0 saturated heterocycles. The van der Waals surface area contributed by atoms with Gasteiger partial charge in [-0.2, -0.15) is 0 Å². The Morgan fingerprint density at radius 1 is 0.439 bits per heavy atom. The van der Waals surface area contributed by atoms with Gasteiger partial charge in [-0.1, -0.05) is 109 Å². The van der Waals surface area contributed by atoms with Gasteiger partial charge in [-0.15, -0.1) is 11.3 Å². The summed E-state index contributed by atoms with van der Waals surface area (Å²) >= 11 is 1.97. The number of benzene rings is 9. The molecule has 0 atom stereocenters. The van der Waals surface area contributed by atoms with Crippen LogP contribution in [0.1, 0.15) is 5.56 Å². The normalized spacial score (nSPS) is 13.3. The standard InChI is InChI=1S/C53H29BN2S/c1-28-22-42-51-43(23-28)56-41-21-18-31-14-8-15-34-35-16-9-17-44-47(35)49-45(57-44)27-39(53(56)50(49)48(41)46(31)34)54(51)38-26-33(30-12-6-3-7-13-30)25-37-36-24-32(29-10-4-2-5-11-29)19-20-40(36)55(42)52(37)38/h2-27H,1H3. The van der Waals surface area contributed by atoms with Crippen LogP contribution in [0, 0.1) is 6.92 Å². The summed E-state index contributed by atoms with van der Waals surface area (Å²) in [5, 5.41) is 11.0. The van der Waals surface area contributed by atoms with E-state index in [-0.39, 0.29) is 6.71 Å². The minimum atomic E-state index is 0.0621. The number of thiophene rings is 1. The largest absolute Gasteiger partial charge is 0.310 e. The number of rotatable bonds is 2. The summed E-state index contributed by atoms with van der Waals surface area (Å²) in [7, 11) is 0. The second-order valence-corrected chi connectivity index (χ2v) is 17.5. The third-order valence-electron chi connectivity index (χ3n) is 13.6. The van der Waals surface area contributed by atoms with Crippen LogP contribution in [0.2, 0.25) is 0 Å². The Morgan fingerprint density at radius 2 is 1.12 bits per heavy atom. The molecule has 1 aliphatic carbocycles. The second-order valence-electron chi connectivity index (χ2n) is 16.5. The van der Waals surface area contributed by atoms with Crippen molar-refractivity contribution in [1.29, 1.82) is 0 Å². The number of aryl methyl sites for hydroxylation is 1. The fourth-order valence-electron chi connectivity index (χ4n) is 11.5. The van der Waals surface area contributed by atoms with Gasteiger partial charge < -0.3 is 9.13 Å². The van der Waals surface area contributed by atoms with Crippen LogP contribution in [0.5, 0.6) is 0 Å². The van der Waals surface area contributed by atoms with Crippen LogP contribution >= 0.6 is 11.3 Å². The molecule has 0 amide bonds. The number of hydrogen-bond donors (Lipinski definition) is 0. The number of hydrogen-bond acceptors (Lipinski definition) is 1. The van der Waals surface area contributed by atoms with E-state index in [9.17, 15) is 0 Å². The molecule has 5 heterocycles. The number of nitrogens with zero attached hydrogens (tertiary/aromatic N) is 2. The molecule has 2 aliphatic heterocycles. The highest BCUT2D eigenvalue weighted by molar-refractivity contribution is 7.26. The Balaban J connectivity index is 1.18. The maximum Gasteiger partial charge on any atom is 0.252 e. The van der Waals surface area contributed by atoms with E-state index in [4.69, 9.17) is 0 Å². The van der Waals surface area contributed by atoms with Crippen LogP contribution in [0.3, 0.4) is 0 Å². The summed E-state index contributed by atoms with van der Waals surface area (Å²) in [6.07, 6.45) is 0. The fraction of sp³-hybridized carbons (Fsp3) is 0.0189. The first kappa shape index (κ1) is 29.4. The first-order chi connectivity index (χ1) is 28.2. The third-order valence-corrected chi connectivity index (χ3v) is 14.7. The quantitative estimate of drug-likeness (QED) is 0.156. The van der Waals surface area contributed by atoms with E-state index < -0.39 is 0 Å². The molecule has 0 saturated carbocycles. The molecule has 3 aromatic heterocycles. The van der Waals surface area contributed by atoms with Gasteiger partial charge in [-0.05, 0) is 122 Å². The molecule has 0 bridgehead atoms. The van der Waals surface area contributed by atoms with E-state index in [2.05, 4.69) is 174 Å². The van der Waals surface area contributed by atoms with Crippen LogP contribution in [-0.2, 0) is 0 Å². The maximum atomic E-state index is 2.66. The zero-order valence-corrected chi connectivity index (χ0v) is 31.7. The molecule has 4 heteroatoms. The lowest BCUT2D eigenvalue weighted by Crippen LogP contribution is -2.59.